The number of ether oxygens (including phenoxy) is 1. The van der Waals surface area contributed by atoms with E-state index in [-0.39, 0.29) is 33.8 Å². The number of halogens is 3. The fraction of sp³-hybridized carbons (Fsp3) is 0.267. The van der Waals surface area contributed by atoms with Gasteiger partial charge in [-0.3, -0.25) is 9.59 Å². The molecule has 12 heteroatoms. The van der Waals surface area contributed by atoms with Gasteiger partial charge in [0.2, 0.25) is 0 Å². The second-order valence-electron chi connectivity index (χ2n) is 11.0. The van der Waals surface area contributed by atoms with Gasteiger partial charge in [0.05, 0.1) is 12.7 Å². The topological polar surface area (TPSA) is 124 Å². The van der Waals surface area contributed by atoms with Gasteiger partial charge in [-0.2, -0.15) is 18.3 Å². The third-order valence-electron chi connectivity index (χ3n) is 7.06. The van der Waals surface area contributed by atoms with Crippen LogP contribution >= 0.6 is 0 Å². The van der Waals surface area contributed by atoms with Gasteiger partial charge in [-0.1, -0.05) is 32.9 Å². The standard InChI is InChI=1S/C30H29F3N6O3/c1-29(2,3)18-6-8-21-16(13-18)10-12-39-27(36-21)24(26(34)40)25(38-39)20-7-5-17(14-22(20)42-4)28(41)37-23-15-19(9-11-35-23)30(31,32)33/h5-9,11,13-15,36H,10,12H2,1-4H3,(H2,34,40)(H,35,37,41). The molecule has 0 aliphatic carbocycles. The summed E-state index contributed by atoms with van der Waals surface area (Å²) in [5, 5.41) is 10.4. The van der Waals surface area contributed by atoms with Crippen molar-refractivity contribution < 1.29 is 27.5 Å². The van der Waals surface area contributed by atoms with E-state index < -0.39 is 23.6 Å². The summed E-state index contributed by atoms with van der Waals surface area (Å²) < 4.78 is 46.4. The number of pyridine rings is 1. The highest BCUT2D eigenvalue weighted by molar-refractivity contribution is 6.07. The number of nitrogens with two attached hydrogens (primary N) is 1. The van der Waals surface area contributed by atoms with Crippen LogP contribution in [0.1, 0.15) is 58.2 Å². The van der Waals surface area contributed by atoms with Gasteiger partial charge in [-0.25, -0.2) is 9.67 Å². The highest BCUT2D eigenvalue weighted by atomic mass is 19.4. The van der Waals surface area contributed by atoms with E-state index in [2.05, 4.69) is 42.5 Å². The Balaban J connectivity index is 1.48. The van der Waals surface area contributed by atoms with Crippen molar-refractivity contribution in [2.45, 2.75) is 45.3 Å². The van der Waals surface area contributed by atoms with Crippen LogP contribution in [0.5, 0.6) is 5.75 Å². The lowest BCUT2D eigenvalue weighted by atomic mass is 9.85. The van der Waals surface area contributed by atoms with Crippen molar-refractivity contribution >= 4 is 29.1 Å². The van der Waals surface area contributed by atoms with Crippen LogP contribution in [-0.4, -0.2) is 33.7 Å². The third-order valence-corrected chi connectivity index (χ3v) is 7.06. The average Bonchev–Trinajstić information content (AvgIpc) is 3.19. The second-order valence-corrected chi connectivity index (χ2v) is 11.0. The minimum atomic E-state index is -4.58. The molecule has 1 aliphatic rings. The zero-order chi connectivity index (χ0) is 30.4. The van der Waals surface area contributed by atoms with E-state index in [0.29, 0.717) is 24.3 Å². The molecule has 4 aromatic rings. The Labute approximate surface area is 239 Å². The highest BCUT2D eigenvalue weighted by Crippen LogP contribution is 2.39. The fourth-order valence-corrected chi connectivity index (χ4v) is 4.81. The number of alkyl halides is 3. The molecule has 0 spiro atoms. The van der Waals surface area contributed by atoms with E-state index in [0.717, 1.165) is 29.6 Å². The molecule has 2 amide bonds. The van der Waals surface area contributed by atoms with Gasteiger partial charge in [0.1, 0.15) is 28.6 Å². The number of nitrogens with one attached hydrogen (secondary N) is 2. The number of anilines is 3. The summed E-state index contributed by atoms with van der Waals surface area (Å²) in [4.78, 5) is 29.4. The van der Waals surface area contributed by atoms with Gasteiger partial charge in [-0.05, 0) is 59.4 Å². The summed E-state index contributed by atoms with van der Waals surface area (Å²) in [6.45, 7) is 6.92. The zero-order valence-electron chi connectivity index (χ0n) is 23.4. The Kier molecular flexibility index (Phi) is 7.17. The highest BCUT2D eigenvalue weighted by Gasteiger charge is 2.31. The number of benzene rings is 2. The quantitative estimate of drug-likeness (QED) is 0.270. The smallest absolute Gasteiger partial charge is 0.416 e. The number of fused-ring (bicyclic) bond motifs is 2. The molecule has 0 saturated heterocycles. The number of rotatable bonds is 5. The monoisotopic (exact) mass is 578 g/mol. The maximum absolute atomic E-state index is 13.1. The SMILES string of the molecule is COc1cc(C(=O)Nc2cc(C(F)(F)F)ccn2)ccc1-c1nn2c(c1C(N)=O)Nc1ccc(C(C)(C)C)cc1CC2. The van der Waals surface area contributed by atoms with E-state index in [1.54, 1.807) is 10.7 Å². The Bertz CT molecular complexity index is 1710. The minimum Gasteiger partial charge on any atom is -0.496 e. The van der Waals surface area contributed by atoms with Crippen molar-refractivity contribution in [2.75, 3.05) is 17.7 Å². The van der Waals surface area contributed by atoms with Crippen molar-refractivity contribution in [1.29, 1.82) is 0 Å². The Morgan fingerprint density at radius 1 is 1.05 bits per heavy atom. The number of carbonyl (C=O) groups is 2. The Morgan fingerprint density at radius 2 is 1.81 bits per heavy atom. The van der Waals surface area contributed by atoms with Crippen LogP contribution in [-0.2, 0) is 24.6 Å². The molecule has 1 aliphatic heterocycles. The maximum atomic E-state index is 13.1. The molecule has 0 saturated carbocycles. The predicted octanol–water partition coefficient (Wildman–Crippen LogP) is 5.92. The van der Waals surface area contributed by atoms with Crippen molar-refractivity contribution in [3.63, 3.8) is 0 Å². The van der Waals surface area contributed by atoms with Gasteiger partial charge >= 0.3 is 6.18 Å². The predicted molar refractivity (Wildman–Crippen MR) is 152 cm³/mol. The van der Waals surface area contributed by atoms with Crippen LogP contribution in [0.4, 0.5) is 30.5 Å². The summed E-state index contributed by atoms with van der Waals surface area (Å²) in [5.41, 5.74) is 8.94. The average molecular weight is 579 g/mol. The molecule has 2 aromatic carbocycles. The van der Waals surface area contributed by atoms with Gasteiger partial charge in [0, 0.05) is 29.6 Å². The van der Waals surface area contributed by atoms with E-state index >= 15 is 0 Å². The summed E-state index contributed by atoms with van der Waals surface area (Å²) in [7, 11) is 1.39. The van der Waals surface area contributed by atoms with Crippen LogP contribution in [0.25, 0.3) is 11.3 Å². The number of hydrogen-bond acceptors (Lipinski definition) is 6. The molecule has 0 atom stereocenters. The largest absolute Gasteiger partial charge is 0.496 e. The number of methoxy groups -OCH3 is 1. The molecule has 9 nitrogen and oxygen atoms in total. The van der Waals surface area contributed by atoms with Crippen LogP contribution in [0.2, 0.25) is 0 Å². The maximum Gasteiger partial charge on any atom is 0.416 e. The first kappa shape index (κ1) is 28.7. The van der Waals surface area contributed by atoms with Crippen LogP contribution in [0, 0.1) is 0 Å². The summed E-state index contributed by atoms with van der Waals surface area (Å²) in [6, 6.07) is 12.1. The molecule has 2 aromatic heterocycles. The normalized spacial score (nSPS) is 12.9. The van der Waals surface area contributed by atoms with Crippen LogP contribution < -0.4 is 21.1 Å². The third kappa shape index (κ3) is 5.52. The summed E-state index contributed by atoms with van der Waals surface area (Å²) in [6.07, 6.45) is -2.95. The van der Waals surface area contributed by atoms with Gasteiger partial charge < -0.3 is 21.1 Å². The molecule has 0 bridgehead atoms. The zero-order valence-corrected chi connectivity index (χ0v) is 23.4. The lowest BCUT2D eigenvalue weighted by molar-refractivity contribution is -0.137. The van der Waals surface area contributed by atoms with Crippen molar-refractivity contribution in [3.8, 4) is 17.0 Å². The number of primary amides is 1. The lowest BCUT2D eigenvalue weighted by Crippen LogP contribution is -2.15. The van der Waals surface area contributed by atoms with Crippen molar-refractivity contribution in [2.24, 2.45) is 5.73 Å². The number of nitrogens with zero attached hydrogens (tertiary/aromatic N) is 3. The molecular weight excluding hydrogens is 549 g/mol. The first-order valence-corrected chi connectivity index (χ1v) is 13.1. The second kappa shape index (κ2) is 10.5. The lowest BCUT2D eigenvalue weighted by Gasteiger charge is -2.21. The number of aromatic nitrogens is 3. The van der Waals surface area contributed by atoms with Crippen molar-refractivity contribution in [3.05, 3.63) is 82.5 Å². The van der Waals surface area contributed by atoms with E-state index in [9.17, 15) is 22.8 Å². The van der Waals surface area contributed by atoms with Gasteiger partial charge in [0.15, 0.2) is 0 Å². The summed E-state index contributed by atoms with van der Waals surface area (Å²) >= 11 is 0. The summed E-state index contributed by atoms with van der Waals surface area (Å²) in [5.74, 6) is -0.999. The Hall–Kier alpha value is -4.87. The fourth-order valence-electron chi connectivity index (χ4n) is 4.81. The minimum absolute atomic E-state index is 0.0241. The molecule has 218 valence electrons. The molecule has 3 heterocycles. The molecule has 0 unspecified atom stereocenters. The molecule has 5 rings (SSSR count). The number of hydrogen-bond donors (Lipinski definition) is 3. The molecule has 0 fully saturated rings. The Morgan fingerprint density at radius 3 is 2.48 bits per heavy atom. The van der Waals surface area contributed by atoms with Gasteiger partial charge in [0.25, 0.3) is 11.8 Å². The number of carbonyl (C=O) groups excluding carboxylic acids is 2. The molecular formula is C30H29F3N6O3. The number of amides is 2. The van der Waals surface area contributed by atoms with Crippen molar-refractivity contribution in [1.82, 2.24) is 14.8 Å². The van der Waals surface area contributed by atoms with Crippen LogP contribution in [0.15, 0.2) is 54.7 Å². The molecule has 0 radical (unpaired) electrons. The number of aryl methyl sites for hydroxylation is 2. The molecule has 4 N–H and O–H groups in total. The van der Waals surface area contributed by atoms with E-state index in [1.807, 2.05) is 12.1 Å². The first-order valence-electron chi connectivity index (χ1n) is 13.1. The molecule has 42 heavy (non-hydrogen) atoms. The van der Waals surface area contributed by atoms with E-state index in [4.69, 9.17) is 15.6 Å². The van der Waals surface area contributed by atoms with Gasteiger partial charge in [-0.15, -0.1) is 0 Å². The van der Waals surface area contributed by atoms with Crippen LogP contribution in [0.3, 0.4) is 0 Å². The first-order chi connectivity index (χ1) is 19.8. The van der Waals surface area contributed by atoms with E-state index in [1.165, 1.54) is 24.8 Å².